The number of rotatable bonds is 4. The number of fused-ring (bicyclic) bond motifs is 3. The number of nitrogens with zero attached hydrogens (tertiary/aromatic N) is 1. The zero-order valence-electron chi connectivity index (χ0n) is 14.8. The molecule has 0 unspecified atom stereocenters. The highest BCUT2D eigenvalue weighted by Gasteiger charge is 2.58. The average molecular weight is 362 g/mol. The third-order valence-corrected chi connectivity index (χ3v) is 6.60. The number of hydrogen-bond donors (Lipinski definition) is 1. The zero-order chi connectivity index (χ0) is 17.9. The Kier molecular flexibility index (Phi) is 3.68. The number of carbonyl (C=O) groups is 2. The molecule has 6 nitrogen and oxygen atoms in total. The number of amides is 2. The summed E-state index contributed by atoms with van der Waals surface area (Å²) in [5.74, 6) is 0.748. The van der Waals surface area contributed by atoms with Crippen LogP contribution >= 0.6 is 11.8 Å². The summed E-state index contributed by atoms with van der Waals surface area (Å²) >= 11 is 1.65. The van der Waals surface area contributed by atoms with Crippen molar-refractivity contribution in [2.45, 2.75) is 48.9 Å². The van der Waals surface area contributed by atoms with E-state index in [0.717, 1.165) is 18.4 Å². The molecule has 1 N–H and O–H groups in total. The molecule has 2 amide bonds. The number of thioether (sulfide) groups is 1. The molecule has 2 fully saturated rings. The van der Waals surface area contributed by atoms with Crippen molar-refractivity contribution in [1.82, 2.24) is 10.2 Å². The normalized spacial score (nSPS) is 26.2. The molecule has 1 aliphatic carbocycles. The molecule has 1 aromatic carbocycles. The van der Waals surface area contributed by atoms with Crippen LogP contribution in [0.15, 0.2) is 12.1 Å². The first kappa shape index (κ1) is 16.6. The average Bonchev–Trinajstić information content (AvgIpc) is 3.28. The van der Waals surface area contributed by atoms with Gasteiger partial charge in [0.25, 0.3) is 5.91 Å². The van der Waals surface area contributed by atoms with Crippen LogP contribution in [0.3, 0.4) is 0 Å². The highest BCUT2D eigenvalue weighted by atomic mass is 32.2. The van der Waals surface area contributed by atoms with Crippen molar-refractivity contribution in [3.63, 3.8) is 0 Å². The maximum atomic E-state index is 13.2. The van der Waals surface area contributed by atoms with Gasteiger partial charge in [0.15, 0.2) is 11.5 Å². The van der Waals surface area contributed by atoms with Crippen LogP contribution in [0.5, 0.6) is 11.5 Å². The Morgan fingerprint density at radius 2 is 2.00 bits per heavy atom. The first-order valence-corrected chi connectivity index (χ1v) is 9.32. The zero-order valence-corrected chi connectivity index (χ0v) is 15.6. The van der Waals surface area contributed by atoms with Crippen LogP contribution in [0.25, 0.3) is 0 Å². The summed E-state index contributed by atoms with van der Waals surface area (Å²) < 4.78 is 10.4. The molecule has 2 aliphatic heterocycles. The number of carbonyl (C=O) groups excluding carboxylic acids is 2. The molecule has 1 saturated heterocycles. The summed E-state index contributed by atoms with van der Waals surface area (Å²) in [6.07, 6.45) is 2.04. The van der Waals surface area contributed by atoms with E-state index in [0.29, 0.717) is 17.1 Å². The van der Waals surface area contributed by atoms with Crippen molar-refractivity contribution in [2.75, 3.05) is 14.2 Å². The van der Waals surface area contributed by atoms with Crippen LogP contribution in [0.4, 0.5) is 0 Å². The standard InChI is InChI=1S/C18H22N2O4S/c1-18(2)14(15(21)19-9-5-6-9)20-16(22)12-10(17(20)25-18)7-8-11(23-3)13(12)24-4/h7-9,14,17H,5-6H2,1-4H3,(H,19,21)/t14-,17-/m1/s1. The summed E-state index contributed by atoms with van der Waals surface area (Å²) in [6.45, 7) is 4.06. The Morgan fingerprint density at radius 1 is 1.28 bits per heavy atom. The lowest BCUT2D eigenvalue weighted by Crippen LogP contribution is -2.52. The van der Waals surface area contributed by atoms with Crippen LogP contribution in [0.1, 0.15) is 48.0 Å². The fourth-order valence-corrected chi connectivity index (χ4v) is 5.34. The number of nitrogens with one attached hydrogen (secondary N) is 1. The molecule has 0 bridgehead atoms. The van der Waals surface area contributed by atoms with Crippen molar-refractivity contribution < 1.29 is 19.1 Å². The lowest BCUT2D eigenvalue weighted by atomic mass is 10.0. The molecule has 2 heterocycles. The van der Waals surface area contributed by atoms with Gasteiger partial charge in [-0.15, -0.1) is 11.8 Å². The van der Waals surface area contributed by atoms with Crippen molar-refractivity contribution in [3.05, 3.63) is 23.3 Å². The van der Waals surface area contributed by atoms with Crippen LogP contribution in [0, 0.1) is 0 Å². The summed E-state index contributed by atoms with van der Waals surface area (Å²) in [4.78, 5) is 27.8. The highest BCUT2D eigenvalue weighted by molar-refractivity contribution is 8.01. The fraction of sp³-hybridized carbons (Fsp3) is 0.556. The largest absolute Gasteiger partial charge is 0.493 e. The smallest absolute Gasteiger partial charge is 0.260 e. The fourth-order valence-electron chi connectivity index (χ4n) is 3.76. The minimum Gasteiger partial charge on any atom is -0.493 e. The van der Waals surface area contributed by atoms with Crippen molar-refractivity contribution in [2.24, 2.45) is 0 Å². The quantitative estimate of drug-likeness (QED) is 0.890. The molecular weight excluding hydrogens is 340 g/mol. The van der Waals surface area contributed by atoms with E-state index >= 15 is 0 Å². The molecule has 0 spiro atoms. The van der Waals surface area contributed by atoms with Gasteiger partial charge >= 0.3 is 0 Å². The van der Waals surface area contributed by atoms with Crippen molar-refractivity contribution in [3.8, 4) is 11.5 Å². The maximum absolute atomic E-state index is 13.2. The van der Waals surface area contributed by atoms with Crippen molar-refractivity contribution >= 4 is 23.6 Å². The van der Waals surface area contributed by atoms with Gasteiger partial charge in [0.2, 0.25) is 5.91 Å². The SMILES string of the molecule is COc1ccc2c(c1OC)C(=O)N1[C@@H]2SC(C)(C)[C@H]1C(=O)NC1CC1. The van der Waals surface area contributed by atoms with Crippen LogP contribution < -0.4 is 14.8 Å². The molecule has 4 rings (SSSR count). The number of methoxy groups -OCH3 is 2. The van der Waals surface area contributed by atoms with E-state index in [1.807, 2.05) is 26.0 Å². The Hall–Kier alpha value is -1.89. The predicted octanol–water partition coefficient (Wildman–Crippen LogP) is 2.33. The van der Waals surface area contributed by atoms with Gasteiger partial charge in [0.1, 0.15) is 11.4 Å². The molecule has 0 aromatic heterocycles. The number of ether oxygens (including phenoxy) is 2. The molecule has 1 aromatic rings. The Labute approximate surface area is 151 Å². The third kappa shape index (κ3) is 2.39. The summed E-state index contributed by atoms with van der Waals surface area (Å²) in [5, 5.41) is 2.89. The van der Waals surface area contributed by atoms with Crippen molar-refractivity contribution in [1.29, 1.82) is 0 Å². The van der Waals surface area contributed by atoms with Gasteiger partial charge in [-0.2, -0.15) is 0 Å². The molecule has 134 valence electrons. The van der Waals surface area contributed by atoms with Crippen LogP contribution in [-0.4, -0.2) is 47.8 Å². The molecule has 1 saturated carbocycles. The first-order chi connectivity index (χ1) is 11.9. The van der Waals surface area contributed by atoms with Crippen LogP contribution in [0.2, 0.25) is 0 Å². The lowest BCUT2D eigenvalue weighted by molar-refractivity contribution is -0.126. The van der Waals surface area contributed by atoms with E-state index in [1.54, 1.807) is 23.8 Å². The summed E-state index contributed by atoms with van der Waals surface area (Å²) in [6, 6.07) is 3.49. The van der Waals surface area contributed by atoms with Gasteiger partial charge in [-0.3, -0.25) is 9.59 Å². The van der Waals surface area contributed by atoms with E-state index in [1.165, 1.54) is 7.11 Å². The minimum atomic E-state index is -0.501. The van der Waals surface area contributed by atoms with E-state index < -0.39 is 6.04 Å². The molecule has 25 heavy (non-hydrogen) atoms. The highest BCUT2D eigenvalue weighted by Crippen LogP contribution is 2.58. The second-order valence-corrected chi connectivity index (χ2v) is 8.97. The number of hydrogen-bond acceptors (Lipinski definition) is 5. The monoisotopic (exact) mass is 362 g/mol. The molecule has 3 aliphatic rings. The Morgan fingerprint density at radius 3 is 2.60 bits per heavy atom. The van der Waals surface area contributed by atoms with Gasteiger partial charge in [-0.25, -0.2) is 0 Å². The van der Waals surface area contributed by atoms with E-state index in [2.05, 4.69) is 5.32 Å². The third-order valence-electron chi connectivity index (χ3n) is 5.07. The van der Waals surface area contributed by atoms with Gasteiger partial charge in [0.05, 0.1) is 19.8 Å². The van der Waals surface area contributed by atoms with Gasteiger partial charge < -0.3 is 19.7 Å². The molecule has 0 radical (unpaired) electrons. The molecular formula is C18H22N2O4S. The second kappa shape index (κ2) is 5.56. The first-order valence-electron chi connectivity index (χ1n) is 8.44. The summed E-state index contributed by atoms with van der Waals surface area (Å²) in [7, 11) is 3.08. The van der Waals surface area contributed by atoms with Crippen LogP contribution in [-0.2, 0) is 4.79 Å². The number of benzene rings is 1. The van der Waals surface area contributed by atoms with Gasteiger partial charge in [0, 0.05) is 16.4 Å². The topological polar surface area (TPSA) is 67.9 Å². The molecule has 2 atom stereocenters. The van der Waals surface area contributed by atoms with E-state index in [4.69, 9.17) is 9.47 Å². The Balaban J connectivity index is 1.76. The predicted molar refractivity (Wildman–Crippen MR) is 95.1 cm³/mol. The maximum Gasteiger partial charge on any atom is 0.260 e. The van der Waals surface area contributed by atoms with Gasteiger partial charge in [-0.05, 0) is 32.8 Å². The molecule has 7 heteroatoms. The lowest BCUT2D eigenvalue weighted by Gasteiger charge is -2.29. The summed E-state index contributed by atoms with van der Waals surface area (Å²) in [5.41, 5.74) is 1.40. The van der Waals surface area contributed by atoms with E-state index in [9.17, 15) is 9.59 Å². The second-order valence-electron chi connectivity index (χ2n) is 7.24. The minimum absolute atomic E-state index is 0.0606. The van der Waals surface area contributed by atoms with E-state index in [-0.39, 0.29) is 28.0 Å². The Bertz CT molecular complexity index is 760. The van der Waals surface area contributed by atoms with Gasteiger partial charge in [-0.1, -0.05) is 6.07 Å².